The number of methoxy groups -OCH3 is 1. The molecule has 0 saturated carbocycles. The van der Waals surface area contributed by atoms with Crippen molar-refractivity contribution in [2.45, 2.75) is 48.5 Å². The van der Waals surface area contributed by atoms with Gasteiger partial charge in [-0.25, -0.2) is 0 Å². The molecule has 1 aromatic carbocycles. The zero-order valence-electron chi connectivity index (χ0n) is 18.4. The number of allylic oxidation sites excluding steroid dienone is 5. The lowest BCUT2D eigenvalue weighted by Crippen LogP contribution is -2.15. The predicted octanol–water partition coefficient (Wildman–Crippen LogP) is 6.02. The summed E-state index contributed by atoms with van der Waals surface area (Å²) in [6.45, 7) is 17.9. The van der Waals surface area contributed by atoms with Gasteiger partial charge in [0.1, 0.15) is 11.6 Å². The second kappa shape index (κ2) is 21.3. The van der Waals surface area contributed by atoms with Crippen molar-refractivity contribution in [3.05, 3.63) is 77.6 Å². The van der Waals surface area contributed by atoms with Gasteiger partial charge >= 0.3 is 0 Å². The van der Waals surface area contributed by atoms with E-state index in [0.717, 1.165) is 22.5 Å². The highest BCUT2D eigenvalue weighted by atomic mass is 16.5. The first kappa shape index (κ1) is 29.0. The van der Waals surface area contributed by atoms with Gasteiger partial charge in [-0.2, -0.15) is 5.10 Å². The first-order chi connectivity index (χ1) is 13.1. The van der Waals surface area contributed by atoms with E-state index in [0.29, 0.717) is 5.84 Å². The van der Waals surface area contributed by atoms with E-state index in [1.54, 1.807) is 7.11 Å². The summed E-state index contributed by atoms with van der Waals surface area (Å²) in [4.78, 5) is 0. The summed E-state index contributed by atoms with van der Waals surface area (Å²) >= 11 is 0. The standard InChI is InChI=1S/C17H21N3O.3C2H6/c1-4-16(21-3)12-6-13(2)5-7-14-8-10-15(11-9-14)17(18)20-19;3*1-2/h4-12H,2,19H2,1,3H3,(H2,18,20);3*1-2H3/b7-5+,12-6-,16-4+;;;. The maximum Gasteiger partial charge on any atom is 0.150 e. The van der Waals surface area contributed by atoms with Crippen LogP contribution in [0.5, 0.6) is 0 Å². The molecule has 4 N–H and O–H groups in total. The van der Waals surface area contributed by atoms with Gasteiger partial charge in [0.15, 0.2) is 0 Å². The van der Waals surface area contributed by atoms with Crippen molar-refractivity contribution in [2.75, 3.05) is 7.11 Å². The second-order valence-electron chi connectivity index (χ2n) is 4.27. The van der Waals surface area contributed by atoms with E-state index in [9.17, 15) is 0 Å². The van der Waals surface area contributed by atoms with Crippen LogP contribution in [0, 0.1) is 0 Å². The number of ether oxygens (including phenoxy) is 1. The summed E-state index contributed by atoms with van der Waals surface area (Å²) in [5.41, 5.74) is 8.34. The van der Waals surface area contributed by atoms with E-state index >= 15 is 0 Å². The van der Waals surface area contributed by atoms with Crippen LogP contribution in [-0.2, 0) is 4.74 Å². The van der Waals surface area contributed by atoms with Crippen LogP contribution in [0.2, 0.25) is 0 Å². The smallest absolute Gasteiger partial charge is 0.150 e. The van der Waals surface area contributed by atoms with Crippen molar-refractivity contribution >= 4 is 11.9 Å². The van der Waals surface area contributed by atoms with Gasteiger partial charge in [0.05, 0.1) is 7.11 Å². The van der Waals surface area contributed by atoms with E-state index in [2.05, 4.69) is 11.7 Å². The van der Waals surface area contributed by atoms with Gasteiger partial charge in [-0.1, -0.05) is 90.6 Å². The Balaban J connectivity index is -0.000000869. The Morgan fingerprint density at radius 2 is 1.48 bits per heavy atom. The summed E-state index contributed by atoms with van der Waals surface area (Å²) in [5.74, 6) is 6.25. The highest BCUT2D eigenvalue weighted by molar-refractivity contribution is 5.97. The fourth-order valence-electron chi connectivity index (χ4n) is 1.57. The van der Waals surface area contributed by atoms with Gasteiger partial charge in [-0.05, 0) is 30.2 Å². The normalized spacial score (nSPS) is 10.8. The molecule has 1 rings (SSSR count). The number of hydrazone groups is 1. The summed E-state index contributed by atoms with van der Waals surface area (Å²) in [5, 5.41) is 3.46. The molecule has 0 heterocycles. The summed E-state index contributed by atoms with van der Waals surface area (Å²) in [6, 6.07) is 7.61. The van der Waals surface area contributed by atoms with Crippen molar-refractivity contribution in [3.63, 3.8) is 0 Å². The van der Waals surface area contributed by atoms with Gasteiger partial charge in [0.2, 0.25) is 0 Å². The second-order valence-corrected chi connectivity index (χ2v) is 4.27. The van der Waals surface area contributed by atoms with Crippen LogP contribution in [0.25, 0.3) is 6.08 Å². The molecule has 152 valence electrons. The maximum absolute atomic E-state index is 5.63. The first-order valence-electron chi connectivity index (χ1n) is 9.50. The Morgan fingerprint density at radius 1 is 0.963 bits per heavy atom. The SMILES string of the molecule is C=C(/C=C\C(=C/C)OC)/C=C/c1ccc(/C(N)=N/N)cc1.CC.CC.CC. The number of rotatable bonds is 6. The van der Waals surface area contributed by atoms with Crippen LogP contribution >= 0.6 is 0 Å². The zero-order valence-corrected chi connectivity index (χ0v) is 18.4. The Kier molecular flexibility index (Phi) is 22.9. The fourth-order valence-corrected chi connectivity index (χ4v) is 1.57. The summed E-state index contributed by atoms with van der Waals surface area (Å²) < 4.78 is 5.13. The summed E-state index contributed by atoms with van der Waals surface area (Å²) in [7, 11) is 1.64. The number of hydrogen-bond donors (Lipinski definition) is 2. The van der Waals surface area contributed by atoms with Crippen LogP contribution in [-0.4, -0.2) is 12.9 Å². The van der Waals surface area contributed by atoms with Gasteiger partial charge in [-0.3, -0.25) is 0 Å². The largest absolute Gasteiger partial charge is 0.497 e. The fraction of sp³-hybridized carbons (Fsp3) is 0.348. The number of hydrogen-bond acceptors (Lipinski definition) is 3. The van der Waals surface area contributed by atoms with Crippen LogP contribution in [0.4, 0.5) is 0 Å². The van der Waals surface area contributed by atoms with E-state index in [-0.39, 0.29) is 0 Å². The van der Waals surface area contributed by atoms with Crippen LogP contribution < -0.4 is 11.6 Å². The Labute approximate surface area is 167 Å². The molecule has 0 bridgehead atoms. The van der Waals surface area contributed by atoms with Crippen LogP contribution in [0.1, 0.15) is 59.6 Å². The third-order valence-electron chi connectivity index (χ3n) is 2.82. The molecule has 0 radical (unpaired) electrons. The van der Waals surface area contributed by atoms with Gasteiger partial charge < -0.3 is 16.3 Å². The third kappa shape index (κ3) is 14.1. The summed E-state index contributed by atoms with van der Waals surface area (Å²) in [6.07, 6.45) is 9.54. The molecule has 1 aromatic rings. The molecule has 4 nitrogen and oxygen atoms in total. The molecule has 0 aliphatic rings. The highest BCUT2D eigenvalue weighted by Gasteiger charge is 1.96. The number of amidine groups is 1. The molecule has 27 heavy (non-hydrogen) atoms. The Morgan fingerprint density at radius 3 is 1.89 bits per heavy atom. The molecule has 0 aromatic heterocycles. The topological polar surface area (TPSA) is 73.6 Å². The molecular weight excluding hydrogens is 334 g/mol. The maximum atomic E-state index is 5.63. The van der Waals surface area contributed by atoms with Crippen LogP contribution in [0.3, 0.4) is 0 Å². The monoisotopic (exact) mass is 373 g/mol. The lowest BCUT2D eigenvalue weighted by Gasteiger charge is -2.00. The predicted molar refractivity (Wildman–Crippen MR) is 123 cm³/mol. The molecule has 0 aliphatic carbocycles. The van der Waals surface area contributed by atoms with E-state index < -0.39 is 0 Å². The minimum Gasteiger partial charge on any atom is -0.497 e. The molecule has 0 spiro atoms. The first-order valence-corrected chi connectivity index (χ1v) is 9.50. The molecule has 0 atom stereocenters. The molecule has 0 fully saturated rings. The average molecular weight is 374 g/mol. The Bertz CT molecular complexity index is 595. The van der Waals surface area contributed by atoms with E-state index in [1.165, 1.54) is 0 Å². The van der Waals surface area contributed by atoms with Crippen molar-refractivity contribution in [2.24, 2.45) is 16.7 Å². The zero-order chi connectivity index (χ0) is 21.7. The van der Waals surface area contributed by atoms with Gasteiger partial charge in [0, 0.05) is 5.56 Å². The number of benzene rings is 1. The average Bonchev–Trinajstić information content (AvgIpc) is 2.77. The quantitative estimate of drug-likeness (QED) is 0.160. The van der Waals surface area contributed by atoms with Crippen molar-refractivity contribution in [1.29, 1.82) is 0 Å². The van der Waals surface area contributed by atoms with E-state index in [1.807, 2.05) is 103 Å². The highest BCUT2D eigenvalue weighted by Crippen LogP contribution is 2.09. The third-order valence-corrected chi connectivity index (χ3v) is 2.82. The minimum atomic E-state index is 0.316. The lowest BCUT2D eigenvalue weighted by atomic mass is 10.1. The minimum absolute atomic E-state index is 0.316. The molecule has 0 unspecified atom stereocenters. The van der Waals surface area contributed by atoms with Crippen molar-refractivity contribution in [1.82, 2.24) is 0 Å². The van der Waals surface area contributed by atoms with Crippen LogP contribution in [0.15, 0.2) is 71.6 Å². The Hall–Kier alpha value is -2.75. The number of nitrogens with two attached hydrogens (primary N) is 2. The van der Waals surface area contributed by atoms with Crippen molar-refractivity contribution in [3.8, 4) is 0 Å². The molecule has 0 aliphatic heterocycles. The van der Waals surface area contributed by atoms with Gasteiger partial charge in [-0.15, -0.1) is 0 Å². The molecule has 0 saturated heterocycles. The van der Waals surface area contributed by atoms with E-state index in [4.69, 9.17) is 16.3 Å². The molecule has 4 heteroatoms. The lowest BCUT2D eigenvalue weighted by molar-refractivity contribution is 0.306. The molecular formula is C23H39N3O. The molecule has 0 amide bonds. The van der Waals surface area contributed by atoms with Crippen molar-refractivity contribution < 1.29 is 4.74 Å². The van der Waals surface area contributed by atoms with Gasteiger partial charge in [0.25, 0.3) is 0 Å². The number of nitrogens with zero attached hydrogens (tertiary/aromatic N) is 1.